The number of benzene rings is 1. The van der Waals surface area contributed by atoms with Gasteiger partial charge in [0.2, 0.25) is 15.9 Å². The molecule has 1 aliphatic heterocycles. The van der Waals surface area contributed by atoms with Crippen molar-refractivity contribution in [2.45, 2.75) is 38.0 Å². The zero-order valence-electron chi connectivity index (χ0n) is 21.5. The molecule has 2 unspecified atom stereocenters. The van der Waals surface area contributed by atoms with E-state index in [1.165, 1.54) is 6.08 Å². The molecule has 9 nitrogen and oxygen atoms in total. The van der Waals surface area contributed by atoms with Crippen molar-refractivity contribution >= 4 is 27.6 Å². The number of sulfonamides is 1. The van der Waals surface area contributed by atoms with Crippen LogP contribution in [-0.2, 0) is 21.4 Å². The Morgan fingerprint density at radius 3 is 2.65 bits per heavy atom. The van der Waals surface area contributed by atoms with Crippen molar-refractivity contribution < 1.29 is 31.2 Å². The van der Waals surface area contributed by atoms with Gasteiger partial charge in [-0.05, 0) is 55.0 Å². The predicted molar refractivity (Wildman–Crippen MR) is 142 cm³/mol. The molecular formula is C27H28F3N5O4S. The van der Waals surface area contributed by atoms with Gasteiger partial charge in [0.15, 0.2) is 0 Å². The number of hydrogen-bond donors (Lipinski definition) is 3. The highest BCUT2D eigenvalue weighted by Crippen LogP contribution is 2.54. The molecule has 3 amide bonds. The third kappa shape index (κ3) is 6.36. The summed E-state index contributed by atoms with van der Waals surface area (Å²) in [6, 6.07) is 9.40. The molecule has 0 radical (unpaired) electrons. The van der Waals surface area contributed by atoms with Gasteiger partial charge in [-0.2, -0.15) is 13.2 Å². The molecule has 1 aromatic carbocycles. The summed E-state index contributed by atoms with van der Waals surface area (Å²) in [5.74, 6) is -1.30. The topological polar surface area (TPSA) is 121 Å². The summed E-state index contributed by atoms with van der Waals surface area (Å²) >= 11 is 0. The van der Waals surface area contributed by atoms with E-state index in [-0.39, 0.29) is 18.4 Å². The molecule has 2 fully saturated rings. The van der Waals surface area contributed by atoms with Crippen LogP contribution in [0.2, 0.25) is 0 Å². The first kappa shape index (κ1) is 27.8. The fraction of sp³-hybridized carbons (Fsp3) is 0.370. The molecule has 212 valence electrons. The van der Waals surface area contributed by atoms with Gasteiger partial charge in [-0.3, -0.25) is 9.78 Å². The number of fused-ring (bicyclic) bond motifs is 1. The Morgan fingerprint density at radius 1 is 1.15 bits per heavy atom. The number of nitrogens with one attached hydrogen (secondary N) is 3. The number of carbonyl (C=O) groups excluding carboxylic acids is 2. The largest absolute Gasteiger partial charge is 0.412 e. The zero-order valence-corrected chi connectivity index (χ0v) is 22.3. The number of halogens is 3. The fourth-order valence-electron chi connectivity index (χ4n) is 5.11. The number of carbonyl (C=O) groups is 2. The van der Waals surface area contributed by atoms with Crippen LogP contribution in [0.4, 0.5) is 23.7 Å². The van der Waals surface area contributed by atoms with Crippen molar-refractivity contribution in [2.24, 2.45) is 11.8 Å². The Kier molecular flexibility index (Phi) is 7.44. The second-order valence-electron chi connectivity index (χ2n) is 10.2. The molecule has 2 aromatic rings. The van der Waals surface area contributed by atoms with Gasteiger partial charge < -0.3 is 15.5 Å². The van der Waals surface area contributed by atoms with Crippen molar-refractivity contribution in [3.63, 3.8) is 0 Å². The SMILES string of the molecule is CS(=O)(=O)NCc1cccc(-c2ccc(N3CCC[C@@H](NC(=O)NC4=CC=C(C(F)(F)F)C5CC45)C3=O)cn2)c1. The van der Waals surface area contributed by atoms with Crippen LogP contribution in [0.3, 0.4) is 0 Å². The van der Waals surface area contributed by atoms with Crippen molar-refractivity contribution in [3.8, 4) is 11.3 Å². The molecule has 1 aromatic heterocycles. The molecule has 3 atom stereocenters. The molecule has 5 rings (SSSR count). The summed E-state index contributed by atoms with van der Waals surface area (Å²) in [4.78, 5) is 31.8. The number of amides is 3. The highest BCUT2D eigenvalue weighted by Gasteiger charge is 2.52. The van der Waals surface area contributed by atoms with Crippen LogP contribution in [0.25, 0.3) is 11.3 Å². The number of hydrogen-bond acceptors (Lipinski definition) is 5. The average molecular weight is 576 g/mol. The zero-order chi connectivity index (χ0) is 28.7. The monoisotopic (exact) mass is 575 g/mol. The van der Waals surface area contributed by atoms with E-state index < -0.39 is 39.8 Å². The minimum atomic E-state index is -4.38. The number of rotatable bonds is 7. The number of urea groups is 1. The molecule has 0 bridgehead atoms. The molecule has 2 heterocycles. The Labute approximate surface area is 229 Å². The van der Waals surface area contributed by atoms with E-state index in [0.29, 0.717) is 42.9 Å². The highest BCUT2D eigenvalue weighted by atomic mass is 32.2. The fourth-order valence-corrected chi connectivity index (χ4v) is 5.54. The van der Waals surface area contributed by atoms with E-state index in [4.69, 9.17) is 0 Å². The Balaban J connectivity index is 1.21. The average Bonchev–Trinajstić information content (AvgIpc) is 3.69. The minimum Gasteiger partial charge on any atom is -0.326 e. The second-order valence-corrected chi connectivity index (χ2v) is 12.0. The molecule has 1 saturated heterocycles. The van der Waals surface area contributed by atoms with E-state index in [1.54, 1.807) is 35.4 Å². The van der Waals surface area contributed by atoms with E-state index in [9.17, 15) is 31.2 Å². The summed E-state index contributed by atoms with van der Waals surface area (Å²) in [6.45, 7) is 0.602. The first-order valence-corrected chi connectivity index (χ1v) is 14.7. The Hall–Kier alpha value is -3.71. The molecule has 3 N–H and O–H groups in total. The summed E-state index contributed by atoms with van der Waals surface area (Å²) in [5, 5.41) is 5.30. The number of nitrogens with zero attached hydrogens (tertiary/aromatic N) is 2. The predicted octanol–water partition coefficient (Wildman–Crippen LogP) is 3.61. The van der Waals surface area contributed by atoms with Gasteiger partial charge in [0, 0.05) is 35.8 Å². The van der Waals surface area contributed by atoms with E-state index in [1.807, 2.05) is 12.1 Å². The van der Waals surface area contributed by atoms with Crippen LogP contribution < -0.4 is 20.3 Å². The Morgan fingerprint density at radius 2 is 1.95 bits per heavy atom. The maximum Gasteiger partial charge on any atom is 0.412 e. The first-order chi connectivity index (χ1) is 18.9. The molecule has 13 heteroatoms. The number of allylic oxidation sites excluding steroid dienone is 4. The van der Waals surface area contributed by atoms with Crippen molar-refractivity contribution in [2.75, 3.05) is 17.7 Å². The number of anilines is 1. The molecular weight excluding hydrogens is 547 g/mol. The number of alkyl halides is 3. The molecule has 40 heavy (non-hydrogen) atoms. The van der Waals surface area contributed by atoms with Crippen LogP contribution in [0.15, 0.2) is 66.0 Å². The minimum absolute atomic E-state index is 0.152. The van der Waals surface area contributed by atoms with Crippen molar-refractivity contribution in [1.29, 1.82) is 0 Å². The van der Waals surface area contributed by atoms with Crippen LogP contribution >= 0.6 is 0 Å². The normalized spacial score (nSPS) is 22.6. The van der Waals surface area contributed by atoms with Crippen LogP contribution in [0.5, 0.6) is 0 Å². The van der Waals surface area contributed by atoms with Gasteiger partial charge in [-0.25, -0.2) is 17.9 Å². The maximum absolute atomic E-state index is 13.2. The molecule has 0 spiro atoms. The summed E-state index contributed by atoms with van der Waals surface area (Å²) in [6.07, 6.45) is 1.99. The lowest BCUT2D eigenvalue weighted by atomic mass is 10.0. The quantitative estimate of drug-likeness (QED) is 0.466. The van der Waals surface area contributed by atoms with Gasteiger partial charge in [-0.1, -0.05) is 24.3 Å². The van der Waals surface area contributed by atoms with Gasteiger partial charge in [0.25, 0.3) is 0 Å². The van der Waals surface area contributed by atoms with Gasteiger partial charge in [-0.15, -0.1) is 0 Å². The highest BCUT2D eigenvalue weighted by molar-refractivity contribution is 7.88. The smallest absolute Gasteiger partial charge is 0.326 e. The van der Waals surface area contributed by atoms with Crippen LogP contribution in [0.1, 0.15) is 24.8 Å². The lowest BCUT2D eigenvalue weighted by Gasteiger charge is -2.32. The second kappa shape index (κ2) is 10.7. The number of aromatic nitrogens is 1. The number of pyridine rings is 1. The standard InChI is InChI=1S/C27H28F3N5O4S/c1-40(38,39)32-14-16-4-2-5-17(12-16)22-9-7-18(15-31-22)35-11-3-6-24(25(35)36)34-26(37)33-23-10-8-21(27(28,29)30)19-13-20(19)23/h2,4-5,7-10,12,15,19-20,24,32H,3,6,11,13-14H2,1H3,(H2,33,34,37)/t19?,20?,24-/m1/s1. The maximum atomic E-state index is 13.2. The number of piperidine rings is 1. The third-order valence-corrected chi connectivity index (χ3v) is 7.85. The summed E-state index contributed by atoms with van der Waals surface area (Å²) in [5.41, 5.74) is 2.61. The van der Waals surface area contributed by atoms with Crippen molar-refractivity contribution in [3.05, 3.63) is 71.6 Å². The van der Waals surface area contributed by atoms with E-state index in [0.717, 1.165) is 23.5 Å². The van der Waals surface area contributed by atoms with Crippen LogP contribution in [0, 0.1) is 11.8 Å². The molecule has 3 aliphatic rings. The van der Waals surface area contributed by atoms with Gasteiger partial charge in [0.05, 0.1) is 23.8 Å². The lowest BCUT2D eigenvalue weighted by molar-refractivity contribution is -0.121. The Bertz CT molecular complexity index is 1490. The van der Waals surface area contributed by atoms with Gasteiger partial charge in [0.1, 0.15) is 6.04 Å². The first-order valence-electron chi connectivity index (χ1n) is 12.8. The van der Waals surface area contributed by atoms with Gasteiger partial charge >= 0.3 is 12.2 Å². The third-order valence-electron chi connectivity index (χ3n) is 7.18. The summed E-state index contributed by atoms with van der Waals surface area (Å²) < 4.78 is 64.4. The molecule has 1 saturated carbocycles. The lowest BCUT2D eigenvalue weighted by Crippen LogP contribution is -2.54. The summed E-state index contributed by atoms with van der Waals surface area (Å²) in [7, 11) is -3.33. The van der Waals surface area contributed by atoms with E-state index >= 15 is 0 Å². The van der Waals surface area contributed by atoms with E-state index in [2.05, 4.69) is 20.3 Å². The molecule has 2 aliphatic carbocycles. The van der Waals surface area contributed by atoms with Crippen molar-refractivity contribution in [1.82, 2.24) is 20.3 Å². The van der Waals surface area contributed by atoms with Crippen LogP contribution in [-0.4, -0.2) is 50.4 Å².